The quantitative estimate of drug-likeness (QED) is 0.160. The number of benzene rings is 3. The van der Waals surface area contributed by atoms with Crippen LogP contribution in [0.3, 0.4) is 0 Å². The molecule has 3 aromatic rings. The van der Waals surface area contributed by atoms with Gasteiger partial charge in [0.05, 0.1) is 0 Å². The Morgan fingerprint density at radius 2 is 1.68 bits per heavy atom. The van der Waals surface area contributed by atoms with Gasteiger partial charge in [0.2, 0.25) is 5.90 Å². The Kier molecular flexibility index (Phi) is 7.19. The first-order valence-electron chi connectivity index (χ1n) is 9.34. The number of ether oxygens (including phenoxy) is 2. The predicted molar refractivity (Wildman–Crippen MR) is 126 cm³/mol. The molecule has 0 saturated carbocycles. The van der Waals surface area contributed by atoms with E-state index in [0.29, 0.717) is 34.2 Å². The van der Waals surface area contributed by atoms with Crippen molar-refractivity contribution < 1.29 is 9.47 Å². The van der Waals surface area contributed by atoms with Gasteiger partial charge < -0.3 is 20.6 Å². The number of anilines is 1. The molecule has 7 heteroatoms. The van der Waals surface area contributed by atoms with Gasteiger partial charge in [-0.05, 0) is 59.2 Å². The van der Waals surface area contributed by atoms with E-state index in [0.717, 1.165) is 23.1 Å². The third-order valence-electron chi connectivity index (χ3n) is 4.48. The van der Waals surface area contributed by atoms with Crippen LogP contribution in [0.1, 0.15) is 22.3 Å². The van der Waals surface area contributed by atoms with Crippen molar-refractivity contribution in [2.75, 3.05) is 5.73 Å². The largest absolute Gasteiger partial charge is 0.489 e. The van der Waals surface area contributed by atoms with Crippen molar-refractivity contribution in [3.05, 3.63) is 94.0 Å². The summed E-state index contributed by atoms with van der Waals surface area (Å²) in [6.07, 6.45) is 3.74. The summed E-state index contributed by atoms with van der Waals surface area (Å²) in [6, 6.07) is 19.9. The van der Waals surface area contributed by atoms with Gasteiger partial charge in [-0.15, -0.1) is 0 Å². The van der Waals surface area contributed by atoms with E-state index in [4.69, 9.17) is 43.0 Å². The third kappa shape index (κ3) is 5.81. The van der Waals surface area contributed by atoms with Crippen LogP contribution in [0.4, 0.5) is 5.69 Å². The van der Waals surface area contributed by atoms with Crippen molar-refractivity contribution in [3.8, 4) is 5.75 Å². The Bertz CT molecular complexity index is 1120. The van der Waals surface area contributed by atoms with Crippen molar-refractivity contribution in [3.63, 3.8) is 0 Å². The van der Waals surface area contributed by atoms with Crippen LogP contribution in [-0.4, -0.2) is 18.5 Å². The molecule has 3 rings (SSSR count). The summed E-state index contributed by atoms with van der Waals surface area (Å²) >= 11 is 5.94. The molecule has 0 fully saturated rings. The zero-order chi connectivity index (χ0) is 22.2. The zero-order valence-electron chi connectivity index (χ0n) is 16.6. The summed E-state index contributed by atoms with van der Waals surface area (Å²) in [5.41, 5.74) is 10.0. The van der Waals surface area contributed by atoms with Gasteiger partial charge in [0.25, 0.3) is 0 Å². The molecule has 31 heavy (non-hydrogen) atoms. The molecule has 0 saturated heterocycles. The van der Waals surface area contributed by atoms with E-state index < -0.39 is 0 Å². The average molecular weight is 433 g/mol. The minimum absolute atomic E-state index is 0.139. The normalized spacial score (nSPS) is 10.9. The smallest absolute Gasteiger partial charge is 0.221 e. The fraction of sp³-hybridized carbons (Fsp3) is 0.0417. The van der Waals surface area contributed by atoms with E-state index in [2.05, 4.69) is 0 Å². The minimum Gasteiger partial charge on any atom is -0.489 e. The van der Waals surface area contributed by atoms with Crippen molar-refractivity contribution in [1.29, 1.82) is 16.2 Å². The van der Waals surface area contributed by atoms with E-state index in [-0.39, 0.29) is 5.90 Å². The van der Waals surface area contributed by atoms with Crippen molar-refractivity contribution in [1.82, 2.24) is 0 Å². The molecule has 0 aromatic heterocycles. The number of rotatable bonds is 8. The maximum Gasteiger partial charge on any atom is 0.221 e. The zero-order valence-corrected chi connectivity index (χ0v) is 17.3. The topological polar surface area (TPSA) is 116 Å². The molecular weight excluding hydrogens is 412 g/mol. The third-order valence-corrected chi connectivity index (χ3v) is 4.73. The van der Waals surface area contributed by atoms with Crippen LogP contribution in [0.5, 0.6) is 5.75 Å². The van der Waals surface area contributed by atoms with E-state index in [1.807, 2.05) is 36.4 Å². The van der Waals surface area contributed by atoms with Crippen LogP contribution in [0.15, 0.2) is 66.7 Å². The lowest BCUT2D eigenvalue weighted by molar-refractivity contribution is 0.306. The van der Waals surface area contributed by atoms with Crippen molar-refractivity contribution in [2.24, 2.45) is 0 Å². The molecule has 6 nitrogen and oxygen atoms in total. The fourth-order valence-corrected chi connectivity index (χ4v) is 2.99. The molecular formula is C24H21ClN4O2. The Morgan fingerprint density at radius 3 is 2.32 bits per heavy atom. The van der Waals surface area contributed by atoms with Gasteiger partial charge >= 0.3 is 0 Å². The summed E-state index contributed by atoms with van der Waals surface area (Å²) in [4.78, 5) is 0. The summed E-state index contributed by atoms with van der Waals surface area (Å²) < 4.78 is 10.8. The molecule has 0 heterocycles. The second-order valence-electron chi connectivity index (χ2n) is 6.60. The number of nitrogens with two attached hydrogens (primary N) is 1. The summed E-state index contributed by atoms with van der Waals surface area (Å²) in [6.45, 7) is 0.334. The monoisotopic (exact) mass is 432 g/mol. The van der Waals surface area contributed by atoms with Gasteiger partial charge in [-0.1, -0.05) is 41.9 Å². The van der Waals surface area contributed by atoms with Gasteiger partial charge in [-0.2, -0.15) is 0 Å². The minimum atomic E-state index is -0.139. The number of nitrogens with one attached hydrogen (secondary N) is 3. The molecule has 0 unspecified atom stereocenters. The molecule has 3 aromatic carbocycles. The van der Waals surface area contributed by atoms with Gasteiger partial charge in [-0.25, -0.2) is 0 Å². The first kappa shape index (κ1) is 21.8. The lowest BCUT2D eigenvalue weighted by Crippen LogP contribution is -2.05. The first-order chi connectivity index (χ1) is 15.0. The van der Waals surface area contributed by atoms with Gasteiger partial charge in [0, 0.05) is 28.1 Å². The molecule has 0 spiro atoms. The molecule has 0 radical (unpaired) electrons. The van der Waals surface area contributed by atoms with Crippen LogP contribution < -0.4 is 10.5 Å². The molecule has 5 N–H and O–H groups in total. The van der Waals surface area contributed by atoms with E-state index in [9.17, 15) is 0 Å². The molecule has 0 amide bonds. The number of hydrogen-bond donors (Lipinski definition) is 4. The highest BCUT2D eigenvalue weighted by atomic mass is 35.5. The number of hydrogen-bond acceptors (Lipinski definition) is 6. The van der Waals surface area contributed by atoms with Crippen LogP contribution in [-0.2, 0) is 11.3 Å². The first-order valence-corrected chi connectivity index (χ1v) is 9.72. The number of halogens is 1. The second kappa shape index (κ2) is 10.2. The van der Waals surface area contributed by atoms with Gasteiger partial charge in [0.15, 0.2) is 6.40 Å². The summed E-state index contributed by atoms with van der Waals surface area (Å²) in [5, 5.41) is 23.3. The molecule has 0 aliphatic rings. The SMILES string of the molecule is N=COC(=N)C(=Cc1ccc(Cl)cc1)c1ccc(OCc2ccc(N)c(C=N)c2)cc1. The maximum absolute atomic E-state index is 8.15. The fourth-order valence-electron chi connectivity index (χ4n) is 2.86. The lowest BCUT2D eigenvalue weighted by atomic mass is 10.0. The Labute approximate surface area is 185 Å². The Morgan fingerprint density at radius 1 is 0.968 bits per heavy atom. The molecule has 0 atom stereocenters. The summed E-state index contributed by atoms with van der Waals surface area (Å²) in [7, 11) is 0. The van der Waals surface area contributed by atoms with Crippen LogP contribution in [0.25, 0.3) is 11.6 Å². The number of nitrogen functional groups attached to an aromatic ring is 1. The van der Waals surface area contributed by atoms with Gasteiger partial charge in [0.1, 0.15) is 12.4 Å². The lowest BCUT2D eigenvalue weighted by Gasteiger charge is -2.11. The van der Waals surface area contributed by atoms with Crippen molar-refractivity contribution >= 4 is 47.5 Å². The van der Waals surface area contributed by atoms with Crippen LogP contribution in [0.2, 0.25) is 5.02 Å². The predicted octanol–water partition coefficient (Wildman–Crippen LogP) is 5.64. The van der Waals surface area contributed by atoms with E-state index in [1.165, 1.54) is 6.21 Å². The average Bonchev–Trinajstić information content (AvgIpc) is 2.78. The second-order valence-corrected chi connectivity index (χ2v) is 7.03. The molecule has 0 bridgehead atoms. The molecule has 0 aliphatic carbocycles. The highest BCUT2D eigenvalue weighted by Crippen LogP contribution is 2.24. The Balaban J connectivity index is 1.79. The molecule has 0 aliphatic heterocycles. The standard InChI is InChI=1S/C24H21ClN4O2/c25-20-6-1-16(2-7-20)12-22(24(29)31-15-27)18-4-8-21(9-5-18)30-14-17-3-10-23(28)19(11-17)13-26/h1-13,15,26-27,29H,14,28H2. The van der Waals surface area contributed by atoms with Crippen LogP contribution >= 0.6 is 11.6 Å². The van der Waals surface area contributed by atoms with Crippen molar-refractivity contribution in [2.45, 2.75) is 6.61 Å². The maximum atomic E-state index is 8.15. The highest BCUT2D eigenvalue weighted by molar-refractivity contribution is 6.30. The molecule has 156 valence electrons. The highest BCUT2D eigenvalue weighted by Gasteiger charge is 2.11. The Hall–Kier alpha value is -3.90. The van der Waals surface area contributed by atoms with Crippen LogP contribution in [0, 0.1) is 16.2 Å². The van der Waals surface area contributed by atoms with E-state index >= 15 is 0 Å². The summed E-state index contributed by atoms with van der Waals surface area (Å²) in [5.74, 6) is 0.516. The van der Waals surface area contributed by atoms with Gasteiger partial charge in [-0.3, -0.25) is 10.8 Å². The van der Waals surface area contributed by atoms with E-state index in [1.54, 1.807) is 36.4 Å².